The van der Waals surface area contributed by atoms with Crippen LogP contribution >= 0.6 is 0 Å². The first-order valence-corrected chi connectivity index (χ1v) is 11.7. The van der Waals surface area contributed by atoms with Gasteiger partial charge in [0, 0.05) is 29.8 Å². The fourth-order valence-corrected chi connectivity index (χ4v) is 6.31. The Morgan fingerprint density at radius 2 is 1.86 bits per heavy atom. The molecule has 0 aromatic carbocycles. The van der Waals surface area contributed by atoms with Crippen molar-refractivity contribution in [3.8, 4) is 0 Å². The van der Waals surface area contributed by atoms with Crippen molar-refractivity contribution in [2.24, 2.45) is 5.92 Å². The highest BCUT2D eigenvalue weighted by molar-refractivity contribution is 7.90. The lowest BCUT2D eigenvalue weighted by Gasteiger charge is -2.33. The molecule has 0 saturated heterocycles. The number of hydrogen-bond donors (Lipinski definition) is 1. The fraction of sp³-hybridized carbons (Fsp3) is 1.00. The number of alkyl halides is 2. The quantitative estimate of drug-likeness (QED) is 0.567. The van der Waals surface area contributed by atoms with E-state index in [-0.39, 0.29) is 12.5 Å². The smallest absolute Gasteiger partial charge is 0.253 e. The molecule has 21 heavy (non-hydrogen) atoms. The normalized spacial score (nSPS) is 25.0. The third-order valence-corrected chi connectivity index (χ3v) is 7.60. The molecule has 0 amide bonds. The van der Waals surface area contributed by atoms with E-state index in [0.717, 1.165) is 0 Å². The maximum Gasteiger partial charge on any atom is 0.253 e. The zero-order valence-corrected chi connectivity index (χ0v) is 15.9. The average molecular weight is 342 g/mol. The van der Waals surface area contributed by atoms with Crippen LogP contribution in [0.4, 0.5) is 8.78 Å². The molecule has 1 aliphatic rings. The lowest BCUT2D eigenvalue weighted by atomic mass is 10.2. The summed E-state index contributed by atoms with van der Waals surface area (Å²) in [6.45, 7) is 13.5. The summed E-state index contributed by atoms with van der Waals surface area (Å²) in [6.07, 6.45) is -0.0295. The first-order chi connectivity index (χ1) is 9.24. The van der Waals surface area contributed by atoms with E-state index in [2.05, 4.69) is 4.72 Å². The number of halogens is 2. The molecule has 126 valence electrons. The Kier molecular flexibility index (Phi) is 5.93. The average Bonchev–Trinajstić information content (AvgIpc) is 2.82. The summed E-state index contributed by atoms with van der Waals surface area (Å²) in [7, 11) is -2.07. The molecule has 7 heteroatoms. The predicted octanol–water partition coefficient (Wildman–Crippen LogP) is 3.69. The van der Waals surface area contributed by atoms with Gasteiger partial charge in [0.15, 0.2) is 8.32 Å². The van der Waals surface area contributed by atoms with E-state index in [1.54, 1.807) is 0 Å². The van der Waals surface area contributed by atoms with Crippen LogP contribution in [-0.2, 0) is 15.8 Å². The van der Waals surface area contributed by atoms with Gasteiger partial charge in [0.2, 0.25) is 0 Å². The van der Waals surface area contributed by atoms with Crippen molar-refractivity contribution in [3.63, 3.8) is 0 Å². The van der Waals surface area contributed by atoms with Crippen molar-refractivity contribution in [2.75, 3.05) is 0 Å². The molecular weight excluding hydrogens is 312 g/mol. The molecule has 0 radical (unpaired) electrons. The summed E-state index contributed by atoms with van der Waals surface area (Å²) in [4.78, 5) is 0. The van der Waals surface area contributed by atoms with Gasteiger partial charge in [-0.2, -0.15) is 0 Å². The minimum Gasteiger partial charge on any atom is -0.598 e. The number of nitrogens with one attached hydrogen (secondary N) is 1. The molecule has 1 N–H and O–H groups in total. The summed E-state index contributed by atoms with van der Waals surface area (Å²) in [5, 5.41) is 0. The second-order valence-corrected chi connectivity index (χ2v) is 14.0. The zero-order valence-electron chi connectivity index (χ0n) is 14.1. The van der Waals surface area contributed by atoms with Crippen LogP contribution in [0.1, 0.15) is 41.0 Å². The Labute approximate surface area is 131 Å². The topological polar surface area (TPSA) is 44.3 Å². The monoisotopic (exact) mass is 341 g/mol. The van der Waals surface area contributed by atoms with Crippen LogP contribution in [0.15, 0.2) is 0 Å². The molecular formula is C14H29F2NO2SSi. The van der Waals surface area contributed by atoms with Crippen molar-refractivity contribution >= 4 is 19.7 Å². The summed E-state index contributed by atoms with van der Waals surface area (Å²) in [6, 6.07) is 0.105. The van der Waals surface area contributed by atoms with E-state index in [1.165, 1.54) is 0 Å². The molecule has 1 saturated carbocycles. The molecule has 0 bridgehead atoms. The minimum absolute atomic E-state index is 0.0835. The molecule has 1 fully saturated rings. The molecule has 0 spiro atoms. The van der Waals surface area contributed by atoms with E-state index in [0.29, 0.717) is 6.04 Å². The van der Waals surface area contributed by atoms with Crippen molar-refractivity contribution < 1.29 is 17.8 Å². The highest BCUT2D eigenvalue weighted by Crippen LogP contribution is 2.52. The summed E-state index contributed by atoms with van der Waals surface area (Å²) >= 11 is -1.35. The van der Waals surface area contributed by atoms with Crippen LogP contribution in [-0.4, -0.2) is 35.7 Å². The summed E-state index contributed by atoms with van der Waals surface area (Å²) in [5.41, 5.74) is 0. The Morgan fingerprint density at radius 3 is 2.19 bits per heavy atom. The van der Waals surface area contributed by atoms with Gasteiger partial charge in [-0.05, 0) is 53.8 Å². The van der Waals surface area contributed by atoms with Crippen LogP contribution in [0.25, 0.3) is 0 Å². The molecule has 3 nitrogen and oxygen atoms in total. The van der Waals surface area contributed by atoms with E-state index in [9.17, 15) is 13.3 Å². The van der Waals surface area contributed by atoms with Gasteiger partial charge in [-0.15, -0.1) is 4.72 Å². The van der Waals surface area contributed by atoms with Crippen LogP contribution in [0.3, 0.4) is 0 Å². The van der Waals surface area contributed by atoms with E-state index in [4.69, 9.17) is 4.43 Å². The summed E-state index contributed by atoms with van der Waals surface area (Å²) < 4.78 is 47.6. The largest absolute Gasteiger partial charge is 0.598 e. The van der Waals surface area contributed by atoms with Gasteiger partial charge >= 0.3 is 0 Å². The summed E-state index contributed by atoms with van der Waals surface area (Å²) in [5.74, 6) is -3.34. The Morgan fingerprint density at radius 1 is 1.38 bits per heavy atom. The van der Waals surface area contributed by atoms with Crippen molar-refractivity contribution in [1.82, 2.24) is 4.72 Å². The first kappa shape index (κ1) is 19.4. The SMILES string of the molecule is CC(C)O[Si](C)(C)CC(N[S+]([O-])C(C)(C)C)C1CC1(F)F. The second kappa shape index (κ2) is 6.43. The van der Waals surface area contributed by atoms with Crippen molar-refractivity contribution in [1.29, 1.82) is 0 Å². The molecule has 3 unspecified atom stereocenters. The molecule has 0 heterocycles. The number of rotatable bonds is 7. The van der Waals surface area contributed by atoms with E-state index >= 15 is 0 Å². The standard InChI is InChI=1S/C14H29F2NO2SSi/c1-10(2)19-21(6,7)9-12(11-8-14(11,15)16)17-20(18)13(3,4)5/h10-12,17H,8-9H2,1-7H3. The van der Waals surface area contributed by atoms with Gasteiger partial charge in [0.05, 0.1) is 6.04 Å². The lowest BCUT2D eigenvalue weighted by Crippen LogP contribution is -2.50. The molecule has 1 rings (SSSR count). The molecule has 0 aromatic rings. The van der Waals surface area contributed by atoms with Crippen LogP contribution in [0.2, 0.25) is 19.1 Å². The van der Waals surface area contributed by atoms with Gasteiger partial charge in [-0.1, -0.05) is 0 Å². The van der Waals surface area contributed by atoms with Gasteiger partial charge in [-0.25, -0.2) is 8.78 Å². The highest BCUT2D eigenvalue weighted by atomic mass is 32.2. The van der Waals surface area contributed by atoms with Crippen LogP contribution in [0, 0.1) is 5.92 Å². The molecule has 0 aliphatic heterocycles. The Hall–Kier alpha value is 0.307. The zero-order chi connectivity index (χ0) is 16.6. The van der Waals surface area contributed by atoms with Gasteiger partial charge in [0.25, 0.3) is 5.92 Å². The lowest BCUT2D eigenvalue weighted by molar-refractivity contribution is 0.0926. The number of hydrogen-bond acceptors (Lipinski definition) is 3. The molecule has 1 aliphatic carbocycles. The minimum atomic E-state index is -2.62. The third-order valence-electron chi connectivity index (χ3n) is 3.44. The fourth-order valence-electron chi connectivity index (χ4n) is 2.47. The maximum absolute atomic E-state index is 13.5. The van der Waals surface area contributed by atoms with E-state index < -0.39 is 42.3 Å². The highest BCUT2D eigenvalue weighted by Gasteiger charge is 2.62. The van der Waals surface area contributed by atoms with Gasteiger partial charge < -0.3 is 8.98 Å². The maximum atomic E-state index is 13.5. The van der Waals surface area contributed by atoms with Gasteiger partial charge in [-0.3, -0.25) is 0 Å². The third kappa shape index (κ3) is 6.13. The second-order valence-electron chi connectivity index (χ2n) is 7.81. The van der Waals surface area contributed by atoms with E-state index in [1.807, 2.05) is 47.7 Å². The van der Waals surface area contributed by atoms with Crippen molar-refractivity contribution in [3.05, 3.63) is 0 Å². The molecule has 0 aromatic heterocycles. The van der Waals surface area contributed by atoms with Crippen molar-refractivity contribution in [2.45, 2.75) is 83.0 Å². The predicted molar refractivity (Wildman–Crippen MR) is 86.4 cm³/mol. The first-order valence-electron chi connectivity index (χ1n) is 7.48. The van der Waals surface area contributed by atoms with Crippen LogP contribution in [0.5, 0.6) is 0 Å². The Balaban J connectivity index is 2.75. The van der Waals surface area contributed by atoms with Crippen LogP contribution < -0.4 is 4.72 Å². The van der Waals surface area contributed by atoms with Gasteiger partial charge in [0.1, 0.15) is 4.75 Å². The Bertz CT molecular complexity index is 361. The molecule has 3 atom stereocenters.